The summed E-state index contributed by atoms with van der Waals surface area (Å²) in [6, 6.07) is 0.652. The second-order valence-electron chi connectivity index (χ2n) is 4.96. The summed E-state index contributed by atoms with van der Waals surface area (Å²) in [5.41, 5.74) is 0. The lowest BCUT2D eigenvalue weighted by Gasteiger charge is -2.29. The van der Waals surface area contributed by atoms with Crippen LogP contribution in [0, 0.1) is 0 Å². The molecule has 94 valence electrons. The van der Waals surface area contributed by atoms with Crippen LogP contribution < -0.4 is 5.32 Å². The Morgan fingerprint density at radius 3 is 2.62 bits per heavy atom. The van der Waals surface area contributed by atoms with E-state index in [-0.39, 0.29) is 6.10 Å². The fourth-order valence-electron chi connectivity index (χ4n) is 2.58. The van der Waals surface area contributed by atoms with E-state index in [0.29, 0.717) is 6.04 Å². The van der Waals surface area contributed by atoms with Gasteiger partial charge < -0.3 is 15.2 Å². The van der Waals surface area contributed by atoms with Gasteiger partial charge in [-0.2, -0.15) is 0 Å². The van der Waals surface area contributed by atoms with E-state index in [4.69, 9.17) is 4.74 Å². The van der Waals surface area contributed by atoms with Gasteiger partial charge in [0, 0.05) is 32.2 Å². The summed E-state index contributed by atoms with van der Waals surface area (Å²) in [5.74, 6) is 0. The maximum absolute atomic E-state index is 9.92. The van der Waals surface area contributed by atoms with Gasteiger partial charge in [-0.05, 0) is 12.8 Å². The van der Waals surface area contributed by atoms with Gasteiger partial charge in [0.05, 0.1) is 19.3 Å². The molecule has 0 aromatic carbocycles. The first-order valence-corrected chi connectivity index (χ1v) is 6.56. The standard InChI is InChI=1S/C12H24N2O2/c15-12(9-13-11-3-1-2-4-11)10-14-5-7-16-8-6-14/h11-13,15H,1-10H2. The zero-order valence-corrected chi connectivity index (χ0v) is 10.0. The van der Waals surface area contributed by atoms with Crippen molar-refractivity contribution in [1.29, 1.82) is 0 Å². The topological polar surface area (TPSA) is 44.7 Å². The molecule has 2 N–H and O–H groups in total. The zero-order valence-electron chi connectivity index (χ0n) is 10.0. The summed E-state index contributed by atoms with van der Waals surface area (Å²) in [5, 5.41) is 13.4. The first kappa shape index (κ1) is 12.3. The van der Waals surface area contributed by atoms with Crippen molar-refractivity contribution >= 4 is 0 Å². The molecule has 2 rings (SSSR count). The van der Waals surface area contributed by atoms with Crippen LogP contribution in [0.3, 0.4) is 0 Å². The predicted octanol–water partition coefficient (Wildman–Crippen LogP) is 0.212. The van der Waals surface area contributed by atoms with Gasteiger partial charge >= 0.3 is 0 Å². The van der Waals surface area contributed by atoms with Crippen molar-refractivity contribution in [2.45, 2.75) is 37.8 Å². The van der Waals surface area contributed by atoms with Gasteiger partial charge in [0.2, 0.25) is 0 Å². The Labute approximate surface area is 98.0 Å². The highest BCUT2D eigenvalue weighted by Gasteiger charge is 2.18. The molecule has 0 amide bonds. The molecule has 1 heterocycles. The summed E-state index contributed by atoms with van der Waals surface area (Å²) >= 11 is 0. The van der Waals surface area contributed by atoms with Crippen LogP contribution in [0.2, 0.25) is 0 Å². The van der Waals surface area contributed by atoms with Crippen molar-refractivity contribution in [3.63, 3.8) is 0 Å². The third-order valence-electron chi connectivity index (χ3n) is 3.57. The molecule has 0 radical (unpaired) electrons. The molecule has 1 saturated heterocycles. The number of nitrogens with zero attached hydrogens (tertiary/aromatic N) is 1. The van der Waals surface area contributed by atoms with Crippen molar-refractivity contribution in [2.24, 2.45) is 0 Å². The number of morpholine rings is 1. The minimum atomic E-state index is -0.237. The smallest absolute Gasteiger partial charge is 0.0791 e. The third kappa shape index (κ3) is 4.01. The second kappa shape index (κ2) is 6.55. The van der Waals surface area contributed by atoms with Crippen LogP contribution in [0.5, 0.6) is 0 Å². The molecule has 1 saturated carbocycles. The molecular weight excluding hydrogens is 204 g/mol. The molecule has 1 aliphatic heterocycles. The Hall–Kier alpha value is -0.160. The van der Waals surface area contributed by atoms with Gasteiger partial charge in [-0.3, -0.25) is 4.90 Å². The lowest BCUT2D eigenvalue weighted by molar-refractivity contribution is 0.0145. The Balaban J connectivity index is 1.57. The minimum Gasteiger partial charge on any atom is -0.390 e. The quantitative estimate of drug-likeness (QED) is 0.706. The molecule has 1 aliphatic carbocycles. The van der Waals surface area contributed by atoms with Crippen LogP contribution >= 0.6 is 0 Å². The lowest BCUT2D eigenvalue weighted by Crippen LogP contribution is -2.44. The number of hydrogen-bond acceptors (Lipinski definition) is 4. The highest BCUT2D eigenvalue weighted by Crippen LogP contribution is 2.17. The molecule has 4 nitrogen and oxygen atoms in total. The van der Waals surface area contributed by atoms with Crippen molar-refractivity contribution in [2.75, 3.05) is 39.4 Å². The molecule has 0 aromatic heterocycles. The van der Waals surface area contributed by atoms with Crippen LogP contribution in [0.4, 0.5) is 0 Å². The second-order valence-corrected chi connectivity index (χ2v) is 4.96. The molecule has 16 heavy (non-hydrogen) atoms. The average molecular weight is 228 g/mol. The van der Waals surface area contributed by atoms with Crippen LogP contribution in [0.15, 0.2) is 0 Å². The summed E-state index contributed by atoms with van der Waals surface area (Å²) < 4.78 is 5.28. The summed E-state index contributed by atoms with van der Waals surface area (Å²) in [4.78, 5) is 2.28. The maximum atomic E-state index is 9.92. The fourth-order valence-corrected chi connectivity index (χ4v) is 2.58. The van der Waals surface area contributed by atoms with Crippen molar-refractivity contribution < 1.29 is 9.84 Å². The minimum absolute atomic E-state index is 0.237. The molecule has 4 heteroatoms. The van der Waals surface area contributed by atoms with Gasteiger partial charge in [-0.15, -0.1) is 0 Å². The molecule has 2 fully saturated rings. The number of aliphatic hydroxyl groups is 1. The Kier molecular flexibility index (Phi) is 5.03. The van der Waals surface area contributed by atoms with E-state index in [9.17, 15) is 5.11 Å². The molecular formula is C12H24N2O2. The van der Waals surface area contributed by atoms with E-state index in [2.05, 4.69) is 10.2 Å². The fraction of sp³-hybridized carbons (Fsp3) is 1.00. The Bertz CT molecular complexity index is 189. The van der Waals surface area contributed by atoms with Crippen molar-refractivity contribution in [3.05, 3.63) is 0 Å². The normalized spacial score (nSPS) is 26.1. The monoisotopic (exact) mass is 228 g/mol. The van der Waals surface area contributed by atoms with Gasteiger partial charge in [0.25, 0.3) is 0 Å². The first-order valence-electron chi connectivity index (χ1n) is 6.56. The molecule has 0 bridgehead atoms. The number of ether oxygens (including phenoxy) is 1. The number of hydrogen-bond donors (Lipinski definition) is 2. The Morgan fingerprint density at radius 1 is 1.25 bits per heavy atom. The predicted molar refractivity (Wildman–Crippen MR) is 63.5 cm³/mol. The molecule has 1 atom stereocenters. The average Bonchev–Trinajstić information content (AvgIpc) is 2.81. The summed E-state index contributed by atoms with van der Waals surface area (Å²) in [7, 11) is 0. The van der Waals surface area contributed by atoms with Crippen molar-refractivity contribution in [1.82, 2.24) is 10.2 Å². The van der Waals surface area contributed by atoms with Crippen molar-refractivity contribution in [3.8, 4) is 0 Å². The van der Waals surface area contributed by atoms with Crippen LogP contribution in [0.25, 0.3) is 0 Å². The van der Waals surface area contributed by atoms with Gasteiger partial charge in [-0.25, -0.2) is 0 Å². The number of β-amino-alcohol motifs (C(OH)–C–C–N with tert-alkyl or cyclic N) is 1. The van der Waals surface area contributed by atoms with E-state index in [1.807, 2.05) is 0 Å². The molecule has 2 aliphatic rings. The first-order chi connectivity index (χ1) is 7.84. The van der Waals surface area contributed by atoms with Crippen LogP contribution in [-0.4, -0.2) is 61.5 Å². The zero-order chi connectivity index (χ0) is 11.2. The molecule has 0 spiro atoms. The van der Waals surface area contributed by atoms with Gasteiger partial charge in [-0.1, -0.05) is 12.8 Å². The SMILES string of the molecule is OC(CNC1CCCC1)CN1CCOCC1. The van der Waals surface area contributed by atoms with E-state index in [1.54, 1.807) is 0 Å². The van der Waals surface area contributed by atoms with Gasteiger partial charge in [0.15, 0.2) is 0 Å². The van der Waals surface area contributed by atoms with E-state index >= 15 is 0 Å². The van der Waals surface area contributed by atoms with Crippen LogP contribution in [-0.2, 0) is 4.74 Å². The highest BCUT2D eigenvalue weighted by molar-refractivity contribution is 4.76. The molecule has 1 unspecified atom stereocenters. The van der Waals surface area contributed by atoms with Crippen LogP contribution in [0.1, 0.15) is 25.7 Å². The van der Waals surface area contributed by atoms with Gasteiger partial charge in [0.1, 0.15) is 0 Å². The summed E-state index contributed by atoms with van der Waals surface area (Å²) in [6.07, 6.45) is 5.02. The number of aliphatic hydroxyl groups excluding tert-OH is 1. The number of nitrogens with one attached hydrogen (secondary N) is 1. The van der Waals surface area contributed by atoms with E-state index < -0.39 is 0 Å². The lowest BCUT2D eigenvalue weighted by atomic mass is 10.2. The maximum Gasteiger partial charge on any atom is 0.0791 e. The van der Waals surface area contributed by atoms with E-state index in [0.717, 1.165) is 39.4 Å². The summed E-state index contributed by atoms with van der Waals surface area (Å²) in [6.45, 7) is 5.05. The van der Waals surface area contributed by atoms with E-state index in [1.165, 1.54) is 25.7 Å². The largest absolute Gasteiger partial charge is 0.390 e. The number of rotatable bonds is 5. The Morgan fingerprint density at radius 2 is 1.94 bits per heavy atom. The third-order valence-corrected chi connectivity index (χ3v) is 3.57. The molecule has 0 aromatic rings. The highest BCUT2D eigenvalue weighted by atomic mass is 16.5.